The molecule has 2 N–H and O–H groups in total. The molecule has 0 heterocycles. The molecular formula is C20H22O4S4. The van der Waals surface area contributed by atoms with Crippen molar-refractivity contribution in [1.29, 1.82) is 0 Å². The summed E-state index contributed by atoms with van der Waals surface area (Å²) in [4.78, 5) is 23.9. The van der Waals surface area contributed by atoms with Gasteiger partial charge in [0.2, 0.25) is 0 Å². The van der Waals surface area contributed by atoms with E-state index in [0.29, 0.717) is 11.1 Å². The number of carboxylic acids is 2. The van der Waals surface area contributed by atoms with E-state index in [4.69, 9.17) is 10.2 Å². The Balaban J connectivity index is 1.53. The molecule has 2 aromatic carbocycles. The van der Waals surface area contributed by atoms with Crippen molar-refractivity contribution in [1.82, 2.24) is 0 Å². The van der Waals surface area contributed by atoms with Gasteiger partial charge in [0.05, 0.1) is 11.1 Å². The highest BCUT2D eigenvalue weighted by molar-refractivity contribution is 8.77. The molecule has 0 saturated heterocycles. The van der Waals surface area contributed by atoms with E-state index in [1.165, 1.54) is 21.6 Å². The lowest BCUT2D eigenvalue weighted by molar-refractivity contribution is 0.0682. The van der Waals surface area contributed by atoms with Crippen molar-refractivity contribution in [3.63, 3.8) is 0 Å². The molecule has 2 rings (SSSR count). The Hall–Kier alpha value is -1.22. The summed E-state index contributed by atoms with van der Waals surface area (Å²) in [5, 5.41) is 18.3. The Morgan fingerprint density at radius 2 is 1.04 bits per heavy atom. The third-order valence-corrected chi connectivity index (χ3v) is 8.74. The SMILES string of the molecule is O=C(O)c1ccccc1SSCCCCCCSSc1ccccc1C(=O)O. The quantitative estimate of drug-likeness (QED) is 0.252. The van der Waals surface area contributed by atoms with Crippen molar-refractivity contribution in [2.24, 2.45) is 0 Å². The summed E-state index contributed by atoms with van der Waals surface area (Å²) in [7, 11) is 6.45. The number of carboxylic acid groups (broad SMARTS) is 2. The zero-order valence-electron chi connectivity index (χ0n) is 15.2. The molecule has 0 radical (unpaired) electrons. The molecule has 0 saturated carbocycles. The van der Waals surface area contributed by atoms with Crippen LogP contribution in [0, 0.1) is 0 Å². The van der Waals surface area contributed by atoms with Gasteiger partial charge in [-0.2, -0.15) is 0 Å². The van der Waals surface area contributed by atoms with Crippen LogP contribution in [0.3, 0.4) is 0 Å². The van der Waals surface area contributed by atoms with Crippen LogP contribution in [-0.4, -0.2) is 33.7 Å². The van der Waals surface area contributed by atoms with Gasteiger partial charge in [-0.25, -0.2) is 9.59 Å². The fourth-order valence-electron chi connectivity index (χ4n) is 2.32. The maximum absolute atomic E-state index is 11.2. The van der Waals surface area contributed by atoms with Gasteiger partial charge in [-0.3, -0.25) is 0 Å². The standard InChI is InChI=1S/C20H22O4S4/c21-19(22)15-9-3-5-11-17(15)27-25-13-7-1-2-8-14-26-28-18-12-6-4-10-16(18)20(23)24/h3-6,9-12H,1-2,7-8,13-14H2,(H,21,22)(H,23,24). The molecular weight excluding hydrogens is 432 g/mol. The van der Waals surface area contributed by atoms with E-state index >= 15 is 0 Å². The van der Waals surface area contributed by atoms with Gasteiger partial charge in [0.25, 0.3) is 0 Å². The first-order valence-electron chi connectivity index (χ1n) is 8.83. The molecule has 0 aliphatic heterocycles. The summed E-state index contributed by atoms with van der Waals surface area (Å²) >= 11 is 0. The summed E-state index contributed by atoms with van der Waals surface area (Å²) in [5.74, 6) is 0.217. The minimum Gasteiger partial charge on any atom is -0.478 e. The highest BCUT2D eigenvalue weighted by Crippen LogP contribution is 2.35. The van der Waals surface area contributed by atoms with E-state index in [-0.39, 0.29) is 0 Å². The first-order chi connectivity index (χ1) is 13.6. The Morgan fingerprint density at radius 1 is 0.643 bits per heavy atom. The third-order valence-electron chi connectivity index (χ3n) is 3.74. The Labute approximate surface area is 181 Å². The minimum atomic E-state index is -0.884. The van der Waals surface area contributed by atoms with Gasteiger partial charge in [0, 0.05) is 21.3 Å². The molecule has 150 valence electrons. The molecule has 28 heavy (non-hydrogen) atoms. The number of rotatable bonds is 13. The Bertz CT molecular complexity index is 717. The molecule has 0 bridgehead atoms. The summed E-state index contributed by atoms with van der Waals surface area (Å²) in [6, 6.07) is 14.2. The van der Waals surface area contributed by atoms with Gasteiger partial charge in [0.1, 0.15) is 0 Å². The van der Waals surface area contributed by atoms with Crippen LogP contribution in [0.25, 0.3) is 0 Å². The summed E-state index contributed by atoms with van der Waals surface area (Å²) in [5.41, 5.74) is 0.720. The number of carbonyl (C=O) groups is 2. The van der Waals surface area contributed by atoms with Crippen molar-refractivity contribution in [3.8, 4) is 0 Å². The first-order valence-corrected chi connectivity index (χ1v) is 13.5. The molecule has 0 aromatic heterocycles. The highest BCUT2D eigenvalue weighted by Gasteiger charge is 2.10. The van der Waals surface area contributed by atoms with Crippen LogP contribution in [0.5, 0.6) is 0 Å². The maximum atomic E-state index is 11.2. The normalized spacial score (nSPS) is 10.7. The third kappa shape index (κ3) is 8.03. The van der Waals surface area contributed by atoms with E-state index in [9.17, 15) is 9.59 Å². The largest absolute Gasteiger partial charge is 0.478 e. The second kappa shape index (κ2) is 13.1. The number of aromatic carboxylic acids is 2. The molecule has 0 atom stereocenters. The predicted molar refractivity (Wildman–Crippen MR) is 122 cm³/mol. The minimum absolute atomic E-state index is 0.360. The molecule has 0 aliphatic rings. The predicted octanol–water partition coefficient (Wildman–Crippen LogP) is 6.82. The average molecular weight is 455 g/mol. The van der Waals surface area contributed by atoms with Crippen LogP contribution in [0.4, 0.5) is 0 Å². The van der Waals surface area contributed by atoms with Crippen molar-refractivity contribution in [3.05, 3.63) is 59.7 Å². The number of hydrogen-bond acceptors (Lipinski definition) is 6. The van der Waals surface area contributed by atoms with Gasteiger partial charge in [-0.15, -0.1) is 0 Å². The number of benzene rings is 2. The van der Waals surface area contributed by atoms with Crippen LogP contribution in [0.15, 0.2) is 58.3 Å². The zero-order chi connectivity index (χ0) is 20.2. The molecule has 0 unspecified atom stereocenters. The summed E-state index contributed by atoms with van der Waals surface area (Å²) < 4.78 is 0. The lowest BCUT2D eigenvalue weighted by Crippen LogP contribution is -1.97. The Morgan fingerprint density at radius 3 is 1.43 bits per heavy atom. The van der Waals surface area contributed by atoms with Crippen LogP contribution >= 0.6 is 43.2 Å². The zero-order valence-corrected chi connectivity index (χ0v) is 18.5. The van der Waals surface area contributed by atoms with E-state index < -0.39 is 11.9 Å². The second-order valence-electron chi connectivity index (χ2n) is 5.83. The van der Waals surface area contributed by atoms with Gasteiger partial charge in [-0.1, -0.05) is 80.3 Å². The molecule has 0 aliphatic carbocycles. The van der Waals surface area contributed by atoms with Gasteiger partial charge in [-0.05, 0) is 37.1 Å². The van der Waals surface area contributed by atoms with E-state index in [1.54, 1.807) is 45.9 Å². The second-order valence-corrected chi connectivity index (χ2v) is 10.7. The first kappa shape index (κ1) is 23.1. The lowest BCUT2D eigenvalue weighted by atomic mass is 10.2. The fourth-order valence-corrected chi connectivity index (χ4v) is 6.98. The van der Waals surface area contributed by atoms with Gasteiger partial charge in [0.15, 0.2) is 0 Å². The fraction of sp³-hybridized carbons (Fsp3) is 0.300. The molecule has 4 nitrogen and oxygen atoms in total. The van der Waals surface area contributed by atoms with Crippen molar-refractivity contribution in [2.75, 3.05) is 11.5 Å². The monoisotopic (exact) mass is 454 g/mol. The molecule has 8 heteroatoms. The maximum Gasteiger partial charge on any atom is 0.336 e. The highest BCUT2D eigenvalue weighted by atomic mass is 33.1. The van der Waals surface area contributed by atoms with Gasteiger partial charge < -0.3 is 10.2 Å². The van der Waals surface area contributed by atoms with Crippen LogP contribution in [0.2, 0.25) is 0 Å². The topological polar surface area (TPSA) is 74.6 Å². The number of hydrogen-bond donors (Lipinski definition) is 2. The van der Waals surface area contributed by atoms with Gasteiger partial charge >= 0.3 is 11.9 Å². The van der Waals surface area contributed by atoms with Crippen LogP contribution < -0.4 is 0 Å². The smallest absolute Gasteiger partial charge is 0.336 e. The van der Waals surface area contributed by atoms with Crippen molar-refractivity contribution >= 4 is 55.1 Å². The average Bonchev–Trinajstić information content (AvgIpc) is 2.69. The molecule has 2 aromatic rings. The van der Waals surface area contributed by atoms with E-state index in [1.807, 2.05) is 24.3 Å². The molecule has 0 amide bonds. The van der Waals surface area contributed by atoms with E-state index in [2.05, 4.69) is 0 Å². The van der Waals surface area contributed by atoms with Crippen molar-refractivity contribution < 1.29 is 19.8 Å². The van der Waals surface area contributed by atoms with Crippen LogP contribution in [0.1, 0.15) is 46.4 Å². The summed E-state index contributed by atoms with van der Waals surface area (Å²) in [6.45, 7) is 0. The number of unbranched alkanes of at least 4 members (excludes halogenated alkanes) is 3. The molecule has 0 fully saturated rings. The van der Waals surface area contributed by atoms with E-state index in [0.717, 1.165) is 47.0 Å². The van der Waals surface area contributed by atoms with Crippen LogP contribution in [-0.2, 0) is 0 Å². The Kier molecular flexibility index (Phi) is 10.8. The summed E-state index contributed by atoms with van der Waals surface area (Å²) in [6.07, 6.45) is 4.50. The molecule has 0 spiro atoms. The van der Waals surface area contributed by atoms with Crippen molar-refractivity contribution in [2.45, 2.75) is 35.5 Å². The lowest BCUT2D eigenvalue weighted by Gasteiger charge is -2.06.